The minimum absolute atomic E-state index is 0.0846. The summed E-state index contributed by atoms with van der Waals surface area (Å²) < 4.78 is 6.13. The minimum Gasteiger partial charge on any atom is -0.504 e. The maximum Gasteiger partial charge on any atom is 0.329 e. The summed E-state index contributed by atoms with van der Waals surface area (Å²) in [7, 11) is 0. The van der Waals surface area contributed by atoms with Gasteiger partial charge in [0.05, 0.1) is 0 Å². The van der Waals surface area contributed by atoms with Gasteiger partial charge in [-0.1, -0.05) is 32.9 Å². The van der Waals surface area contributed by atoms with Gasteiger partial charge in [-0.25, -0.2) is 4.79 Å². The predicted molar refractivity (Wildman–Crippen MR) is 149 cm³/mol. The van der Waals surface area contributed by atoms with E-state index in [1.165, 1.54) is 34.4 Å². The van der Waals surface area contributed by atoms with Crippen molar-refractivity contribution < 1.29 is 34.4 Å². The molecule has 6 atom stereocenters. The fraction of sp³-hybridized carbons (Fsp3) is 0.567. The molecule has 3 fully saturated rings. The Balaban J connectivity index is 1.28. The topological polar surface area (TPSA) is 136 Å². The molecule has 2 amide bonds. The third-order valence-corrected chi connectivity index (χ3v) is 10.9. The molecule has 40 heavy (non-hydrogen) atoms. The number of carbonyl (C=O) groups excluding carboxylic acids is 3. The molecule has 9 nitrogen and oxygen atoms in total. The lowest BCUT2D eigenvalue weighted by Gasteiger charge is -2.39. The standard InChI is InChI=1S/C30H38N2O7S/c1-29(2)18-10-11-30(29,3)24(16-18)39-28(38)19-6-4-12-32(19)27(37)25(23-7-5-13-40-23)31-26(36)22(35)15-17-8-9-20(33)21(34)14-17/h5,7-9,13-14,18-19,22,24-25,33-35H,4,6,10-12,15-16H2,1-3H3,(H,31,36). The number of aliphatic hydroxyl groups is 1. The minimum atomic E-state index is -1.50. The number of phenolic OH excluding ortho intramolecular Hbond substituents is 2. The second kappa shape index (κ2) is 10.7. The summed E-state index contributed by atoms with van der Waals surface area (Å²) in [4.78, 5) is 42.4. The molecule has 1 aliphatic heterocycles. The van der Waals surface area contributed by atoms with Crippen molar-refractivity contribution >= 4 is 29.1 Å². The Hall–Kier alpha value is -3.11. The van der Waals surface area contributed by atoms with Gasteiger partial charge in [-0.2, -0.15) is 0 Å². The van der Waals surface area contributed by atoms with Gasteiger partial charge < -0.3 is 30.3 Å². The molecule has 2 bridgehead atoms. The van der Waals surface area contributed by atoms with Crippen LogP contribution in [0.1, 0.15) is 69.4 Å². The number of aliphatic hydroxyl groups excluding tert-OH is 1. The van der Waals surface area contributed by atoms with E-state index in [9.17, 15) is 29.7 Å². The van der Waals surface area contributed by atoms with E-state index in [-0.39, 0.29) is 40.8 Å². The Morgan fingerprint density at radius 2 is 1.93 bits per heavy atom. The van der Waals surface area contributed by atoms with E-state index in [1.54, 1.807) is 17.5 Å². The molecule has 5 rings (SSSR count). The first kappa shape index (κ1) is 28.4. The van der Waals surface area contributed by atoms with Crippen molar-refractivity contribution in [3.8, 4) is 11.5 Å². The molecule has 2 aromatic rings. The number of fused-ring (bicyclic) bond motifs is 2. The van der Waals surface area contributed by atoms with Crippen molar-refractivity contribution in [1.82, 2.24) is 10.2 Å². The lowest BCUT2D eigenvalue weighted by Crippen LogP contribution is -2.50. The van der Waals surface area contributed by atoms with Crippen LogP contribution in [0.25, 0.3) is 0 Å². The fourth-order valence-electron chi connectivity index (χ4n) is 6.93. The largest absolute Gasteiger partial charge is 0.504 e. The number of rotatable bonds is 8. The highest BCUT2D eigenvalue weighted by molar-refractivity contribution is 7.10. The number of aromatic hydroxyl groups is 2. The molecule has 2 aliphatic carbocycles. The van der Waals surface area contributed by atoms with Gasteiger partial charge in [0, 0.05) is 23.3 Å². The van der Waals surface area contributed by atoms with E-state index in [0.717, 1.165) is 19.3 Å². The van der Waals surface area contributed by atoms with Gasteiger partial charge in [-0.05, 0) is 72.6 Å². The Morgan fingerprint density at radius 3 is 2.55 bits per heavy atom. The van der Waals surface area contributed by atoms with Crippen LogP contribution in [0.4, 0.5) is 0 Å². The van der Waals surface area contributed by atoms with Gasteiger partial charge >= 0.3 is 5.97 Å². The number of thiophene rings is 1. The van der Waals surface area contributed by atoms with Crippen LogP contribution in [0.2, 0.25) is 0 Å². The molecule has 2 saturated carbocycles. The Bertz CT molecular complexity index is 1280. The molecule has 3 aliphatic rings. The first-order valence-corrected chi connectivity index (χ1v) is 14.8. The molecular formula is C30H38N2O7S. The number of likely N-dealkylation sites (tertiary alicyclic amines) is 1. The molecule has 10 heteroatoms. The monoisotopic (exact) mass is 570 g/mol. The molecule has 1 aromatic heterocycles. The number of hydrogen-bond acceptors (Lipinski definition) is 8. The fourth-order valence-corrected chi connectivity index (χ4v) is 7.70. The molecule has 0 radical (unpaired) electrons. The van der Waals surface area contributed by atoms with Crippen LogP contribution in [0.3, 0.4) is 0 Å². The van der Waals surface area contributed by atoms with Crippen molar-refractivity contribution in [2.45, 2.75) is 83.6 Å². The summed E-state index contributed by atoms with van der Waals surface area (Å²) >= 11 is 1.30. The summed E-state index contributed by atoms with van der Waals surface area (Å²) in [6.45, 7) is 7.11. The molecule has 216 valence electrons. The zero-order chi connectivity index (χ0) is 28.8. The molecule has 2 heterocycles. The SMILES string of the molecule is CC1(C)C2CCC1(C)C(OC(=O)C1CCCN1C(=O)C(NC(=O)C(O)Cc1ccc(O)c(O)c1)c1cccs1)C2. The zero-order valence-electron chi connectivity index (χ0n) is 23.1. The van der Waals surface area contributed by atoms with Crippen LogP contribution in [0.15, 0.2) is 35.7 Å². The summed E-state index contributed by atoms with van der Waals surface area (Å²) in [6, 6.07) is 5.76. The number of carbonyl (C=O) groups is 3. The van der Waals surface area contributed by atoms with Crippen molar-refractivity contribution in [2.24, 2.45) is 16.7 Å². The number of nitrogens with one attached hydrogen (secondary N) is 1. The van der Waals surface area contributed by atoms with Crippen molar-refractivity contribution in [3.63, 3.8) is 0 Å². The van der Waals surface area contributed by atoms with E-state index < -0.39 is 30.0 Å². The van der Waals surface area contributed by atoms with Gasteiger partial charge in [-0.15, -0.1) is 11.3 Å². The normalized spacial score (nSPS) is 28.3. The Kier molecular flexibility index (Phi) is 7.60. The van der Waals surface area contributed by atoms with Gasteiger partial charge in [0.15, 0.2) is 11.5 Å². The van der Waals surface area contributed by atoms with Crippen molar-refractivity contribution in [3.05, 3.63) is 46.2 Å². The number of hydrogen-bond donors (Lipinski definition) is 4. The third kappa shape index (κ3) is 4.96. The quantitative estimate of drug-likeness (QED) is 0.281. The average molecular weight is 571 g/mol. The average Bonchev–Trinajstić information content (AvgIpc) is 3.68. The van der Waals surface area contributed by atoms with Crippen molar-refractivity contribution in [1.29, 1.82) is 0 Å². The van der Waals surface area contributed by atoms with E-state index in [2.05, 4.69) is 26.1 Å². The lowest BCUT2D eigenvalue weighted by molar-refractivity contribution is -0.165. The number of ether oxygens (including phenoxy) is 1. The van der Waals surface area contributed by atoms with Crippen LogP contribution in [0, 0.1) is 16.7 Å². The summed E-state index contributed by atoms with van der Waals surface area (Å²) in [5.41, 5.74) is 0.451. The van der Waals surface area contributed by atoms with Gasteiger partial charge in [-0.3, -0.25) is 9.59 Å². The molecule has 4 N–H and O–H groups in total. The molecule has 1 aromatic carbocycles. The summed E-state index contributed by atoms with van der Waals surface area (Å²) in [5, 5.41) is 34.3. The smallest absolute Gasteiger partial charge is 0.329 e. The Labute approximate surface area is 238 Å². The van der Waals surface area contributed by atoms with Gasteiger partial charge in [0.25, 0.3) is 5.91 Å². The molecule has 1 saturated heterocycles. The first-order valence-electron chi connectivity index (χ1n) is 14.0. The van der Waals surface area contributed by atoms with E-state index in [1.807, 2.05) is 0 Å². The maximum atomic E-state index is 13.9. The summed E-state index contributed by atoms with van der Waals surface area (Å²) in [5.74, 6) is -1.69. The van der Waals surface area contributed by atoms with Crippen LogP contribution in [0.5, 0.6) is 11.5 Å². The van der Waals surface area contributed by atoms with Gasteiger partial charge in [0.2, 0.25) is 5.91 Å². The highest BCUT2D eigenvalue weighted by Crippen LogP contribution is 2.66. The predicted octanol–water partition coefficient (Wildman–Crippen LogP) is 3.67. The number of esters is 1. The second-order valence-electron chi connectivity index (χ2n) is 12.2. The van der Waals surface area contributed by atoms with E-state index in [0.29, 0.717) is 35.7 Å². The number of phenols is 2. The highest BCUT2D eigenvalue weighted by Gasteiger charge is 2.63. The number of nitrogens with zero attached hydrogens (tertiary/aromatic N) is 1. The highest BCUT2D eigenvalue weighted by atomic mass is 32.1. The number of benzene rings is 1. The van der Waals surface area contributed by atoms with Crippen LogP contribution in [-0.4, -0.2) is 62.8 Å². The van der Waals surface area contributed by atoms with E-state index in [4.69, 9.17) is 4.74 Å². The molecular weight excluding hydrogens is 532 g/mol. The zero-order valence-corrected chi connectivity index (χ0v) is 23.9. The van der Waals surface area contributed by atoms with Gasteiger partial charge in [0.1, 0.15) is 24.3 Å². The molecule has 6 unspecified atom stereocenters. The van der Waals surface area contributed by atoms with Crippen LogP contribution >= 0.6 is 11.3 Å². The molecule has 0 spiro atoms. The number of amides is 2. The van der Waals surface area contributed by atoms with E-state index >= 15 is 0 Å². The second-order valence-corrected chi connectivity index (χ2v) is 13.2. The first-order chi connectivity index (χ1) is 18.9. The van der Waals surface area contributed by atoms with Crippen molar-refractivity contribution in [2.75, 3.05) is 6.54 Å². The third-order valence-electron chi connectivity index (χ3n) is 9.91. The van der Waals surface area contributed by atoms with Crippen LogP contribution < -0.4 is 5.32 Å². The Morgan fingerprint density at radius 1 is 1.15 bits per heavy atom. The lowest BCUT2D eigenvalue weighted by atomic mass is 9.70. The maximum absolute atomic E-state index is 13.9. The van der Waals surface area contributed by atoms with Crippen LogP contribution in [-0.2, 0) is 25.5 Å². The summed E-state index contributed by atoms with van der Waals surface area (Å²) in [6.07, 6.45) is 2.37.